The molecule has 2 aliphatic heterocycles. The molecule has 19 heavy (non-hydrogen) atoms. The fourth-order valence-corrected chi connectivity index (χ4v) is 3.87. The van der Waals surface area contributed by atoms with Crippen LogP contribution < -0.4 is 10.5 Å². The lowest BCUT2D eigenvalue weighted by molar-refractivity contribution is 0.0560. The highest BCUT2D eigenvalue weighted by Crippen LogP contribution is 2.35. The fraction of sp³-hybridized carbons (Fsp3) is 0.600. The highest BCUT2D eigenvalue weighted by molar-refractivity contribution is 9.10. The Hall–Kier alpha value is -0.580. The normalized spacial score (nSPS) is 20.8. The number of likely N-dealkylation sites (tertiary alicyclic amines) is 1. The predicted molar refractivity (Wildman–Crippen MR) is 80.4 cm³/mol. The van der Waals surface area contributed by atoms with Gasteiger partial charge in [-0.25, -0.2) is 0 Å². The van der Waals surface area contributed by atoms with Crippen LogP contribution in [-0.2, 0) is 13.0 Å². The van der Waals surface area contributed by atoms with Crippen molar-refractivity contribution in [3.63, 3.8) is 0 Å². The van der Waals surface area contributed by atoms with Gasteiger partial charge in [-0.15, -0.1) is 0 Å². The first-order valence-electron chi connectivity index (χ1n) is 7.05. The molecule has 2 aliphatic rings. The van der Waals surface area contributed by atoms with E-state index in [4.69, 9.17) is 10.5 Å². The molecule has 2 N–H and O–H groups in total. The number of rotatable bonds is 4. The maximum Gasteiger partial charge on any atom is 0.127 e. The van der Waals surface area contributed by atoms with Crippen LogP contribution in [0.1, 0.15) is 30.9 Å². The first-order valence-corrected chi connectivity index (χ1v) is 7.84. The molecule has 1 saturated heterocycles. The Morgan fingerprint density at radius 3 is 2.95 bits per heavy atom. The second-order valence-electron chi connectivity index (χ2n) is 5.91. The lowest BCUT2D eigenvalue weighted by Gasteiger charge is -2.48. The van der Waals surface area contributed by atoms with Gasteiger partial charge in [-0.2, -0.15) is 0 Å². The number of benzene rings is 1. The molecule has 0 spiro atoms. The summed E-state index contributed by atoms with van der Waals surface area (Å²) in [5, 5.41) is 0. The van der Waals surface area contributed by atoms with Crippen molar-refractivity contribution >= 4 is 15.9 Å². The molecular weight excluding hydrogens is 304 g/mol. The van der Waals surface area contributed by atoms with E-state index in [0.29, 0.717) is 0 Å². The number of hydrogen-bond acceptors (Lipinski definition) is 3. The summed E-state index contributed by atoms with van der Waals surface area (Å²) in [6.45, 7) is 5.97. The van der Waals surface area contributed by atoms with Crippen LogP contribution in [0.3, 0.4) is 0 Å². The lowest BCUT2D eigenvalue weighted by atomic mass is 9.86. The molecule has 0 aliphatic carbocycles. The van der Waals surface area contributed by atoms with Crippen LogP contribution >= 0.6 is 15.9 Å². The Kier molecular flexibility index (Phi) is 3.58. The maximum atomic E-state index is 6.32. The van der Waals surface area contributed by atoms with Crippen molar-refractivity contribution in [1.29, 1.82) is 0 Å². The number of halogens is 1. The van der Waals surface area contributed by atoms with Gasteiger partial charge in [0, 0.05) is 41.6 Å². The Morgan fingerprint density at radius 1 is 1.42 bits per heavy atom. The average Bonchev–Trinajstić information content (AvgIpc) is 2.75. The third kappa shape index (κ3) is 2.67. The molecule has 104 valence electrons. The molecule has 3 nitrogen and oxygen atoms in total. The van der Waals surface area contributed by atoms with Crippen LogP contribution in [0.5, 0.6) is 5.75 Å². The average molecular weight is 325 g/mol. The van der Waals surface area contributed by atoms with Gasteiger partial charge in [0.1, 0.15) is 5.75 Å². The topological polar surface area (TPSA) is 38.5 Å². The Labute approximate surface area is 123 Å². The molecule has 0 saturated carbocycles. The van der Waals surface area contributed by atoms with Crippen molar-refractivity contribution in [3.8, 4) is 5.75 Å². The fourth-order valence-electron chi connectivity index (χ4n) is 3.32. The molecule has 1 aromatic carbocycles. The zero-order chi connectivity index (χ0) is 13.5. The van der Waals surface area contributed by atoms with Crippen molar-refractivity contribution in [2.24, 2.45) is 5.73 Å². The van der Waals surface area contributed by atoms with Crippen molar-refractivity contribution in [3.05, 3.63) is 27.7 Å². The van der Waals surface area contributed by atoms with Crippen molar-refractivity contribution < 1.29 is 4.74 Å². The standard InChI is InChI=1S/C15H21BrN2O/c1-2-4-15(17)9-18(10-15)8-12-7-13(16)6-11-3-5-19-14(11)12/h6-7H,2-5,8-10,17H2,1H3. The van der Waals surface area contributed by atoms with E-state index >= 15 is 0 Å². The monoisotopic (exact) mass is 324 g/mol. The summed E-state index contributed by atoms with van der Waals surface area (Å²) >= 11 is 3.59. The van der Waals surface area contributed by atoms with E-state index in [1.54, 1.807) is 0 Å². The van der Waals surface area contributed by atoms with E-state index in [0.717, 1.165) is 49.3 Å². The summed E-state index contributed by atoms with van der Waals surface area (Å²) in [7, 11) is 0. The summed E-state index contributed by atoms with van der Waals surface area (Å²) in [4.78, 5) is 2.42. The largest absolute Gasteiger partial charge is 0.493 e. The minimum absolute atomic E-state index is 0.0464. The molecule has 0 aromatic heterocycles. The molecule has 4 heteroatoms. The highest BCUT2D eigenvalue weighted by atomic mass is 79.9. The molecule has 0 atom stereocenters. The second kappa shape index (κ2) is 5.08. The van der Waals surface area contributed by atoms with Crippen LogP contribution in [-0.4, -0.2) is 30.1 Å². The lowest BCUT2D eigenvalue weighted by Crippen LogP contribution is -2.66. The Balaban J connectivity index is 1.69. The molecule has 1 aromatic rings. The number of nitrogens with two attached hydrogens (primary N) is 1. The van der Waals surface area contributed by atoms with E-state index in [2.05, 4.69) is 39.9 Å². The zero-order valence-corrected chi connectivity index (χ0v) is 13.0. The van der Waals surface area contributed by atoms with Gasteiger partial charge in [-0.3, -0.25) is 4.90 Å². The number of fused-ring (bicyclic) bond motifs is 1. The molecule has 0 radical (unpaired) electrons. The molecular formula is C15H21BrN2O. The van der Waals surface area contributed by atoms with Gasteiger partial charge < -0.3 is 10.5 Å². The van der Waals surface area contributed by atoms with Gasteiger partial charge in [-0.1, -0.05) is 29.3 Å². The van der Waals surface area contributed by atoms with Crippen molar-refractivity contribution in [2.75, 3.05) is 19.7 Å². The zero-order valence-electron chi connectivity index (χ0n) is 11.4. The van der Waals surface area contributed by atoms with E-state index in [9.17, 15) is 0 Å². The van der Waals surface area contributed by atoms with Crippen molar-refractivity contribution in [2.45, 2.75) is 38.3 Å². The smallest absolute Gasteiger partial charge is 0.127 e. The summed E-state index contributed by atoms with van der Waals surface area (Å²) in [5.74, 6) is 1.10. The molecule has 3 rings (SSSR count). The van der Waals surface area contributed by atoms with Gasteiger partial charge >= 0.3 is 0 Å². The van der Waals surface area contributed by atoms with Gasteiger partial charge in [0.25, 0.3) is 0 Å². The summed E-state index contributed by atoms with van der Waals surface area (Å²) in [6, 6.07) is 4.35. The van der Waals surface area contributed by atoms with Crippen LogP contribution in [0.4, 0.5) is 0 Å². The van der Waals surface area contributed by atoms with Crippen LogP contribution in [0.25, 0.3) is 0 Å². The van der Waals surface area contributed by atoms with Gasteiger partial charge in [0.15, 0.2) is 0 Å². The predicted octanol–water partition coefficient (Wildman–Crippen LogP) is 2.70. The molecule has 0 bridgehead atoms. The number of nitrogens with zero attached hydrogens (tertiary/aromatic N) is 1. The third-order valence-electron chi connectivity index (χ3n) is 4.04. The van der Waals surface area contributed by atoms with Gasteiger partial charge in [0.2, 0.25) is 0 Å². The SMILES string of the molecule is CCCC1(N)CN(Cc2cc(Br)cc3c2OCC3)C1. The Morgan fingerprint density at radius 2 is 2.21 bits per heavy atom. The summed E-state index contributed by atoms with van der Waals surface area (Å²) in [6.07, 6.45) is 3.31. The van der Waals surface area contributed by atoms with Gasteiger partial charge in [0.05, 0.1) is 6.61 Å². The second-order valence-corrected chi connectivity index (χ2v) is 6.82. The molecule has 0 unspecified atom stereocenters. The third-order valence-corrected chi connectivity index (χ3v) is 4.50. The van der Waals surface area contributed by atoms with E-state index in [1.165, 1.54) is 17.5 Å². The minimum Gasteiger partial charge on any atom is -0.493 e. The van der Waals surface area contributed by atoms with E-state index in [-0.39, 0.29) is 5.54 Å². The maximum absolute atomic E-state index is 6.32. The minimum atomic E-state index is 0.0464. The van der Waals surface area contributed by atoms with Crippen molar-refractivity contribution in [1.82, 2.24) is 4.90 Å². The quantitative estimate of drug-likeness (QED) is 0.925. The van der Waals surface area contributed by atoms with E-state index in [1.807, 2.05) is 0 Å². The van der Waals surface area contributed by atoms with Crippen LogP contribution in [0.15, 0.2) is 16.6 Å². The number of ether oxygens (including phenoxy) is 1. The van der Waals surface area contributed by atoms with Crippen LogP contribution in [0.2, 0.25) is 0 Å². The van der Waals surface area contributed by atoms with Gasteiger partial charge in [-0.05, 0) is 24.1 Å². The molecule has 0 amide bonds. The first-order chi connectivity index (χ1) is 9.09. The van der Waals surface area contributed by atoms with E-state index < -0.39 is 0 Å². The summed E-state index contributed by atoms with van der Waals surface area (Å²) < 4.78 is 6.93. The molecule has 1 fully saturated rings. The number of hydrogen-bond donors (Lipinski definition) is 1. The highest BCUT2D eigenvalue weighted by Gasteiger charge is 2.38. The van der Waals surface area contributed by atoms with Crippen LogP contribution in [0, 0.1) is 0 Å². The first kappa shape index (κ1) is 13.4. The summed E-state index contributed by atoms with van der Waals surface area (Å²) in [5.41, 5.74) is 8.99. The Bertz CT molecular complexity index is 483. The molecule has 2 heterocycles.